The van der Waals surface area contributed by atoms with E-state index in [1.54, 1.807) is 0 Å². The molecule has 0 bridgehead atoms. The fourth-order valence-electron chi connectivity index (χ4n) is 6.12. The average molecular weight is 733 g/mol. The first-order chi connectivity index (χ1) is 23.1. The van der Waals surface area contributed by atoms with Gasteiger partial charge in [-0.15, -0.1) is 0 Å². The van der Waals surface area contributed by atoms with Crippen molar-refractivity contribution >= 4 is 11.4 Å². The van der Waals surface area contributed by atoms with Crippen LogP contribution in [0.2, 0.25) is 9.79 Å². The molecule has 0 amide bonds. The second-order valence-electron chi connectivity index (χ2n) is 13.4. The van der Waals surface area contributed by atoms with E-state index in [9.17, 15) is 5.53 Å². The summed E-state index contributed by atoms with van der Waals surface area (Å²) < 4.78 is 1.46. The van der Waals surface area contributed by atoms with Gasteiger partial charge in [0.2, 0.25) is 11.4 Å². The van der Waals surface area contributed by atoms with E-state index >= 15 is 0 Å². The van der Waals surface area contributed by atoms with Gasteiger partial charge >= 0.3 is 93.0 Å². The Hall–Kier alpha value is -1.82. The zero-order chi connectivity index (χ0) is 34.0. The minimum atomic E-state index is 0.910. The van der Waals surface area contributed by atoms with E-state index in [4.69, 9.17) is 0 Å². The maximum atomic E-state index is 11.4. The van der Waals surface area contributed by atoms with Gasteiger partial charge in [0.1, 0.15) is 0 Å². The van der Waals surface area contributed by atoms with Crippen LogP contribution in [-0.2, 0) is 30.8 Å². The number of allylic oxidation sites excluding steroid dienone is 2. The number of aryl methyl sites for hydroxylation is 2. The predicted octanol–water partition coefficient (Wildman–Crippen LogP) is 15.0. The van der Waals surface area contributed by atoms with Crippen molar-refractivity contribution < 1.29 is 22.7 Å². The van der Waals surface area contributed by atoms with Crippen LogP contribution in [0.15, 0.2) is 60.2 Å². The molecule has 2 aromatic rings. The van der Waals surface area contributed by atoms with Crippen molar-refractivity contribution in [2.24, 2.45) is 0 Å². The average Bonchev–Trinajstić information content (AvgIpc) is 3.43. The first-order valence-corrected chi connectivity index (χ1v) is 21.9. The first-order valence-electron chi connectivity index (χ1n) is 19.7. The molecule has 1 aliphatic heterocycles. The molecule has 0 saturated carbocycles. The standard InChI is InChI=1S/C32H44N2.2C6H13.Pd/c1-4-7-10-11-12-13-20-30-25-31(28-21-14-18-26(23-28)16-8-5-2)34(33)32(30)29-22-15-19-27(24-29)17-9-6-3;2*1-3-5-6-4-2;/h14-15,18-19,21-25H,4-13,16-17,20H2,1-3H3;2*1,3-6H2,2H3;. The molecule has 0 aromatic heterocycles. The van der Waals surface area contributed by atoms with Gasteiger partial charge < -0.3 is 5.53 Å². The van der Waals surface area contributed by atoms with Crippen molar-refractivity contribution in [3.63, 3.8) is 0 Å². The second kappa shape index (κ2) is 27.1. The van der Waals surface area contributed by atoms with Crippen LogP contribution < -0.4 is 0 Å². The van der Waals surface area contributed by atoms with Crippen LogP contribution in [0, 0.1) is 0 Å². The normalized spacial score (nSPS) is 12.9. The Morgan fingerprint density at radius 3 is 1.53 bits per heavy atom. The van der Waals surface area contributed by atoms with E-state index in [0.29, 0.717) is 0 Å². The van der Waals surface area contributed by atoms with Crippen molar-refractivity contribution in [3.05, 3.63) is 88.0 Å². The topological polar surface area (TPSA) is 25.3 Å². The Morgan fingerprint density at radius 1 is 0.511 bits per heavy atom. The molecule has 0 unspecified atom stereocenters. The number of nitrogens with zero attached hydrogens (tertiary/aromatic N) is 2. The van der Waals surface area contributed by atoms with Gasteiger partial charge in [-0.1, -0.05) is 90.0 Å². The van der Waals surface area contributed by atoms with Crippen LogP contribution in [-0.4, -0.2) is 4.70 Å². The molecule has 3 rings (SSSR count). The fourth-order valence-corrected chi connectivity index (χ4v) is 8.06. The third-order valence-electron chi connectivity index (χ3n) is 9.07. The van der Waals surface area contributed by atoms with Crippen molar-refractivity contribution in [3.8, 4) is 0 Å². The van der Waals surface area contributed by atoms with E-state index in [1.165, 1.54) is 147 Å². The fraction of sp³-hybridized carbons (Fsp3) is 0.636. The van der Waals surface area contributed by atoms with Gasteiger partial charge in [-0.25, -0.2) is 4.70 Å². The number of hydrogen-bond donors (Lipinski definition) is 0. The van der Waals surface area contributed by atoms with Crippen LogP contribution in [0.4, 0.5) is 0 Å². The quantitative estimate of drug-likeness (QED) is 0.0552. The van der Waals surface area contributed by atoms with Crippen LogP contribution in [0.3, 0.4) is 0 Å². The zero-order valence-electron chi connectivity index (χ0n) is 31.2. The van der Waals surface area contributed by atoms with E-state index < -0.39 is 0 Å². The molecule has 0 atom stereocenters. The number of unbranched alkanes of at least 4 members (excludes halogenated alkanes) is 13. The van der Waals surface area contributed by atoms with Crippen molar-refractivity contribution in [2.45, 2.75) is 179 Å². The van der Waals surface area contributed by atoms with Crippen molar-refractivity contribution in [1.29, 1.82) is 0 Å². The predicted molar refractivity (Wildman–Crippen MR) is 205 cm³/mol. The van der Waals surface area contributed by atoms with Gasteiger partial charge in [-0.2, -0.15) is 0 Å². The van der Waals surface area contributed by atoms with Crippen LogP contribution in [0.25, 0.3) is 16.9 Å². The summed E-state index contributed by atoms with van der Waals surface area (Å²) in [6.07, 6.45) is 29.5. The number of rotatable bonds is 25. The van der Waals surface area contributed by atoms with E-state index in [0.717, 1.165) is 59.8 Å². The summed E-state index contributed by atoms with van der Waals surface area (Å²) in [6.45, 7) is 11.3. The monoisotopic (exact) mass is 732 g/mol. The van der Waals surface area contributed by atoms with Gasteiger partial charge in [0.05, 0.1) is 0 Å². The molecule has 1 aliphatic rings. The summed E-state index contributed by atoms with van der Waals surface area (Å²) in [5.41, 5.74) is 19.5. The van der Waals surface area contributed by atoms with E-state index in [1.807, 2.05) is 0 Å². The third-order valence-corrected chi connectivity index (χ3v) is 11.3. The molecule has 0 radical (unpaired) electrons. The molecule has 0 aliphatic carbocycles. The van der Waals surface area contributed by atoms with Gasteiger partial charge in [0, 0.05) is 22.8 Å². The molecule has 0 N–H and O–H groups in total. The molecule has 1 heterocycles. The summed E-state index contributed by atoms with van der Waals surface area (Å²) >= 11 is 1.07. The maximum absolute atomic E-state index is 11.4. The molecule has 0 saturated heterocycles. The second-order valence-corrected chi connectivity index (χ2v) is 15.8. The number of benzene rings is 2. The van der Waals surface area contributed by atoms with Gasteiger partial charge in [0.25, 0.3) is 0 Å². The molecule has 2 aromatic carbocycles. The van der Waals surface area contributed by atoms with Gasteiger partial charge in [-0.3, -0.25) is 0 Å². The zero-order valence-corrected chi connectivity index (χ0v) is 32.7. The molecule has 0 fully saturated rings. The summed E-state index contributed by atoms with van der Waals surface area (Å²) in [5.74, 6) is 0. The molecule has 266 valence electrons. The van der Waals surface area contributed by atoms with Gasteiger partial charge in [0.15, 0.2) is 0 Å². The Bertz CT molecular complexity index is 1170. The van der Waals surface area contributed by atoms with E-state index in [-0.39, 0.29) is 0 Å². The Morgan fingerprint density at radius 2 is 0.979 bits per heavy atom. The molecular weight excluding hydrogens is 663 g/mol. The van der Waals surface area contributed by atoms with Crippen LogP contribution in [0.5, 0.6) is 0 Å². The van der Waals surface area contributed by atoms with Crippen LogP contribution in [0.1, 0.15) is 179 Å². The number of hydrogen-bond acceptors (Lipinski definition) is 0. The summed E-state index contributed by atoms with van der Waals surface area (Å²) in [4.78, 5) is 3.06. The summed E-state index contributed by atoms with van der Waals surface area (Å²) in [6, 6.07) is 17.5. The molecule has 3 heteroatoms. The Labute approximate surface area is 300 Å². The molecule has 2 nitrogen and oxygen atoms in total. The Balaban J connectivity index is 0.000000500. The summed E-state index contributed by atoms with van der Waals surface area (Å²) in [7, 11) is 0. The van der Waals surface area contributed by atoms with Crippen LogP contribution >= 0.6 is 0 Å². The SMILES string of the molecule is CCCCCCCCC1=C(c2cccc(CCCC)c2)[N+](=[N-])C(c2cccc(CCCC)c2)=C1.CCCCC[CH2][Pd][CH2]CCCCC. The molecule has 47 heavy (non-hydrogen) atoms. The van der Waals surface area contributed by atoms with E-state index in [2.05, 4.69) is 89.2 Å². The molecule has 0 spiro atoms. The first kappa shape index (κ1) is 41.4. The third kappa shape index (κ3) is 16.9. The minimum absolute atomic E-state index is 0.910. The molecular formula is C44H70N2Pd. The summed E-state index contributed by atoms with van der Waals surface area (Å²) in [5, 5.41) is 0. The van der Waals surface area contributed by atoms with Crippen molar-refractivity contribution in [1.82, 2.24) is 0 Å². The Kier molecular flexibility index (Phi) is 23.8. The van der Waals surface area contributed by atoms with Crippen molar-refractivity contribution in [2.75, 3.05) is 0 Å². The van der Waals surface area contributed by atoms with Gasteiger partial charge in [-0.05, 0) is 73.9 Å².